The van der Waals surface area contributed by atoms with Crippen molar-refractivity contribution in [3.63, 3.8) is 0 Å². The molecule has 0 aromatic heterocycles. The molecular formula is C20H29N3O2. The van der Waals surface area contributed by atoms with E-state index in [9.17, 15) is 9.59 Å². The molecule has 3 unspecified atom stereocenters. The smallest absolute Gasteiger partial charge is 0.252 e. The lowest BCUT2D eigenvalue weighted by molar-refractivity contribution is -0.134. The first-order valence-electron chi connectivity index (χ1n) is 9.37. The Morgan fingerprint density at radius 1 is 1.16 bits per heavy atom. The zero-order valence-corrected chi connectivity index (χ0v) is 15.4. The van der Waals surface area contributed by atoms with Crippen molar-refractivity contribution in [3.05, 3.63) is 35.4 Å². The van der Waals surface area contributed by atoms with Gasteiger partial charge in [0.2, 0.25) is 5.91 Å². The second kappa shape index (κ2) is 7.56. The molecule has 1 aromatic carbocycles. The fourth-order valence-electron chi connectivity index (χ4n) is 3.90. The molecule has 136 valence electrons. The Hall–Kier alpha value is -1.88. The van der Waals surface area contributed by atoms with Gasteiger partial charge in [0.1, 0.15) is 6.04 Å². The summed E-state index contributed by atoms with van der Waals surface area (Å²) in [5.41, 5.74) is 1.56. The highest BCUT2D eigenvalue weighted by Crippen LogP contribution is 2.21. The van der Waals surface area contributed by atoms with Gasteiger partial charge in [-0.1, -0.05) is 32.0 Å². The molecule has 2 saturated heterocycles. The number of fused-ring (bicyclic) bond motifs is 2. The number of carbonyl (C=O) groups excluding carboxylic acids is 2. The van der Waals surface area contributed by atoms with Gasteiger partial charge in [-0.2, -0.15) is 0 Å². The highest BCUT2D eigenvalue weighted by atomic mass is 16.2. The molecule has 2 N–H and O–H groups in total. The van der Waals surface area contributed by atoms with Gasteiger partial charge in [-0.05, 0) is 43.7 Å². The number of nitrogens with zero attached hydrogens (tertiary/aromatic N) is 1. The average molecular weight is 343 g/mol. The van der Waals surface area contributed by atoms with E-state index in [2.05, 4.69) is 10.6 Å². The lowest BCUT2D eigenvalue weighted by Crippen LogP contribution is -2.53. The van der Waals surface area contributed by atoms with Crippen molar-refractivity contribution in [1.29, 1.82) is 0 Å². The van der Waals surface area contributed by atoms with E-state index in [0.29, 0.717) is 17.6 Å². The lowest BCUT2D eigenvalue weighted by Gasteiger charge is -2.31. The summed E-state index contributed by atoms with van der Waals surface area (Å²) in [7, 11) is 0. The third-order valence-electron chi connectivity index (χ3n) is 5.44. The van der Waals surface area contributed by atoms with Crippen molar-refractivity contribution in [1.82, 2.24) is 15.5 Å². The molecule has 2 fully saturated rings. The first-order chi connectivity index (χ1) is 12.0. The minimum atomic E-state index is -0.483. The number of hydrogen-bond acceptors (Lipinski definition) is 3. The van der Waals surface area contributed by atoms with Crippen molar-refractivity contribution in [2.24, 2.45) is 5.92 Å². The number of rotatable bonds is 4. The zero-order valence-electron chi connectivity index (χ0n) is 15.4. The van der Waals surface area contributed by atoms with Gasteiger partial charge in [0, 0.05) is 30.7 Å². The number of aryl methyl sites for hydroxylation is 1. The first-order valence-corrected chi connectivity index (χ1v) is 9.37. The Balaban J connectivity index is 1.71. The van der Waals surface area contributed by atoms with Crippen LogP contribution < -0.4 is 10.6 Å². The number of benzene rings is 1. The van der Waals surface area contributed by atoms with Gasteiger partial charge in [-0.3, -0.25) is 9.59 Å². The molecule has 1 aromatic rings. The first kappa shape index (κ1) is 17.9. The fraction of sp³-hybridized carbons (Fsp3) is 0.600. The maximum atomic E-state index is 13.1. The second-order valence-corrected chi connectivity index (χ2v) is 7.72. The van der Waals surface area contributed by atoms with Gasteiger partial charge in [0.25, 0.3) is 5.91 Å². The van der Waals surface area contributed by atoms with Gasteiger partial charge in [0.05, 0.1) is 0 Å². The third kappa shape index (κ3) is 4.03. The molecule has 5 heteroatoms. The molecule has 0 saturated carbocycles. The summed E-state index contributed by atoms with van der Waals surface area (Å²) in [4.78, 5) is 27.7. The van der Waals surface area contributed by atoms with Crippen LogP contribution in [0.5, 0.6) is 0 Å². The third-order valence-corrected chi connectivity index (χ3v) is 5.44. The summed E-state index contributed by atoms with van der Waals surface area (Å²) in [5.74, 6) is -0.0697. The van der Waals surface area contributed by atoms with Crippen LogP contribution in [0.3, 0.4) is 0 Å². The minimum absolute atomic E-state index is 0.0475. The number of nitrogens with one attached hydrogen (secondary N) is 2. The molecule has 2 bridgehead atoms. The molecule has 0 spiro atoms. The topological polar surface area (TPSA) is 61.4 Å². The molecule has 5 nitrogen and oxygen atoms in total. The van der Waals surface area contributed by atoms with E-state index >= 15 is 0 Å². The monoisotopic (exact) mass is 343 g/mol. The number of carbonyl (C=O) groups is 2. The van der Waals surface area contributed by atoms with Crippen LogP contribution >= 0.6 is 0 Å². The summed E-state index contributed by atoms with van der Waals surface area (Å²) in [6.07, 6.45) is 3.35. The Morgan fingerprint density at radius 3 is 2.60 bits per heavy atom. The predicted octanol–water partition coefficient (Wildman–Crippen LogP) is 2.10. The Kier molecular flexibility index (Phi) is 5.42. The SMILES string of the molecule is Cc1ccccc1C(=O)NC(C(=O)N1CCC2CCC(C1)N2)C(C)C. The van der Waals surface area contributed by atoms with Crippen molar-refractivity contribution >= 4 is 11.8 Å². The van der Waals surface area contributed by atoms with Crippen LogP contribution in [0.2, 0.25) is 0 Å². The van der Waals surface area contributed by atoms with Crippen molar-refractivity contribution in [2.45, 2.75) is 58.2 Å². The van der Waals surface area contributed by atoms with Gasteiger partial charge >= 0.3 is 0 Å². The van der Waals surface area contributed by atoms with Crippen LogP contribution in [-0.2, 0) is 4.79 Å². The van der Waals surface area contributed by atoms with E-state index in [0.717, 1.165) is 31.5 Å². The summed E-state index contributed by atoms with van der Waals surface area (Å²) in [6, 6.07) is 7.95. The number of hydrogen-bond donors (Lipinski definition) is 2. The van der Waals surface area contributed by atoms with E-state index in [1.165, 1.54) is 6.42 Å². The fourth-order valence-corrected chi connectivity index (χ4v) is 3.90. The van der Waals surface area contributed by atoms with Crippen molar-refractivity contribution in [2.75, 3.05) is 13.1 Å². The van der Waals surface area contributed by atoms with Crippen molar-refractivity contribution in [3.8, 4) is 0 Å². The van der Waals surface area contributed by atoms with E-state index in [4.69, 9.17) is 0 Å². The summed E-state index contributed by atoms with van der Waals surface area (Å²) in [5, 5.41) is 6.58. The van der Waals surface area contributed by atoms with Crippen LogP contribution in [0.4, 0.5) is 0 Å². The highest BCUT2D eigenvalue weighted by Gasteiger charge is 2.35. The van der Waals surface area contributed by atoms with Gasteiger partial charge in [0.15, 0.2) is 0 Å². The van der Waals surface area contributed by atoms with Crippen LogP contribution in [0.25, 0.3) is 0 Å². The second-order valence-electron chi connectivity index (χ2n) is 7.72. The van der Waals surface area contributed by atoms with E-state index in [1.807, 2.05) is 43.9 Å². The van der Waals surface area contributed by atoms with Gasteiger partial charge in [-0.15, -0.1) is 0 Å². The van der Waals surface area contributed by atoms with E-state index in [-0.39, 0.29) is 17.7 Å². The lowest BCUT2D eigenvalue weighted by atomic mass is 10.00. The van der Waals surface area contributed by atoms with Crippen LogP contribution in [-0.4, -0.2) is 47.9 Å². The predicted molar refractivity (Wildman–Crippen MR) is 98.4 cm³/mol. The molecule has 2 aliphatic rings. The largest absolute Gasteiger partial charge is 0.340 e. The summed E-state index contributed by atoms with van der Waals surface area (Å²) < 4.78 is 0. The van der Waals surface area contributed by atoms with E-state index < -0.39 is 6.04 Å². The Labute approximate surface area is 150 Å². The molecule has 3 rings (SSSR count). The van der Waals surface area contributed by atoms with Gasteiger partial charge < -0.3 is 15.5 Å². The molecule has 3 atom stereocenters. The molecule has 2 amide bonds. The summed E-state index contributed by atoms with van der Waals surface area (Å²) in [6.45, 7) is 7.42. The molecule has 2 aliphatic heterocycles. The molecule has 2 heterocycles. The summed E-state index contributed by atoms with van der Waals surface area (Å²) >= 11 is 0. The molecule has 25 heavy (non-hydrogen) atoms. The van der Waals surface area contributed by atoms with Crippen LogP contribution in [0.15, 0.2) is 24.3 Å². The van der Waals surface area contributed by atoms with E-state index in [1.54, 1.807) is 6.07 Å². The quantitative estimate of drug-likeness (QED) is 0.880. The van der Waals surface area contributed by atoms with Gasteiger partial charge in [-0.25, -0.2) is 0 Å². The molecule has 0 aliphatic carbocycles. The standard InChI is InChI=1S/C20H29N3O2/c1-13(2)18(22-19(24)17-7-5-4-6-14(17)3)20(25)23-11-10-15-8-9-16(12-23)21-15/h4-7,13,15-16,18,21H,8-12H2,1-3H3,(H,22,24). The normalized spacial score (nSPS) is 24.1. The number of likely N-dealkylation sites (tertiary alicyclic amines) is 1. The van der Waals surface area contributed by atoms with Crippen LogP contribution in [0, 0.1) is 12.8 Å². The molecule has 0 radical (unpaired) electrons. The minimum Gasteiger partial charge on any atom is -0.340 e. The maximum Gasteiger partial charge on any atom is 0.252 e. The van der Waals surface area contributed by atoms with Crippen LogP contribution in [0.1, 0.15) is 49.0 Å². The highest BCUT2D eigenvalue weighted by molar-refractivity contribution is 5.98. The molecular weight excluding hydrogens is 314 g/mol. The Morgan fingerprint density at radius 2 is 1.88 bits per heavy atom. The Bertz CT molecular complexity index is 644. The maximum absolute atomic E-state index is 13.1. The number of amides is 2. The van der Waals surface area contributed by atoms with Crippen molar-refractivity contribution < 1.29 is 9.59 Å². The zero-order chi connectivity index (χ0) is 18.0. The average Bonchev–Trinajstić information content (AvgIpc) is 2.91.